The van der Waals surface area contributed by atoms with Gasteiger partial charge >= 0.3 is 17.9 Å². The molecule has 1 fully saturated rings. The molecule has 0 spiro atoms. The highest BCUT2D eigenvalue weighted by Crippen LogP contribution is 2.45. The van der Waals surface area contributed by atoms with Crippen molar-refractivity contribution in [2.24, 2.45) is 5.92 Å². The molecule has 0 amide bonds. The number of carbonyl (C=O) groups excluding carboxylic acids is 2. The van der Waals surface area contributed by atoms with Gasteiger partial charge < -0.3 is 14.6 Å². The zero-order valence-corrected chi connectivity index (χ0v) is 17.0. The van der Waals surface area contributed by atoms with E-state index in [2.05, 4.69) is 6.92 Å². The van der Waals surface area contributed by atoms with Crippen molar-refractivity contribution in [3.63, 3.8) is 0 Å². The first-order valence-electron chi connectivity index (χ1n) is 10.1. The molecule has 6 heteroatoms. The minimum absolute atomic E-state index is 0.136. The number of aryl methyl sites for hydroxylation is 1. The maximum absolute atomic E-state index is 11.7. The first kappa shape index (κ1) is 21.9. The van der Waals surface area contributed by atoms with Gasteiger partial charge in [-0.15, -0.1) is 0 Å². The molecule has 2 atom stereocenters. The van der Waals surface area contributed by atoms with Gasteiger partial charge in [0, 0.05) is 19.4 Å². The van der Waals surface area contributed by atoms with Crippen LogP contribution in [0.4, 0.5) is 0 Å². The fraction of sp³-hybridized carbons (Fsp3) is 0.591. The predicted octanol–water partition coefficient (Wildman–Crippen LogP) is 4.63. The van der Waals surface area contributed by atoms with E-state index in [4.69, 9.17) is 9.47 Å². The Morgan fingerprint density at radius 2 is 1.64 bits per heavy atom. The number of unbranched alkanes of at least 4 members (excludes halogenated alkanes) is 2. The minimum atomic E-state index is -0.816. The van der Waals surface area contributed by atoms with Gasteiger partial charge in [-0.3, -0.25) is 14.4 Å². The summed E-state index contributed by atoms with van der Waals surface area (Å²) in [5.41, 5.74) is 1.57. The number of benzene rings is 1. The third-order valence-corrected chi connectivity index (χ3v) is 5.17. The summed E-state index contributed by atoms with van der Waals surface area (Å²) < 4.78 is 11.0. The third kappa shape index (κ3) is 6.08. The van der Waals surface area contributed by atoms with Crippen LogP contribution in [-0.2, 0) is 20.8 Å². The van der Waals surface area contributed by atoms with Gasteiger partial charge in [-0.05, 0) is 55.7 Å². The Bertz CT molecular complexity index is 687. The lowest BCUT2D eigenvalue weighted by Crippen LogP contribution is -2.23. The van der Waals surface area contributed by atoms with E-state index in [-0.39, 0.29) is 5.92 Å². The van der Waals surface area contributed by atoms with E-state index in [0.717, 1.165) is 44.1 Å². The number of hydrogen-bond acceptors (Lipinski definition) is 5. The molecule has 1 unspecified atom stereocenters. The second kappa shape index (κ2) is 10.2. The van der Waals surface area contributed by atoms with Crippen LogP contribution >= 0.6 is 0 Å². The molecule has 1 aliphatic carbocycles. The number of carboxylic acid groups (broad SMARTS) is 1. The van der Waals surface area contributed by atoms with Gasteiger partial charge in [-0.1, -0.05) is 26.2 Å². The van der Waals surface area contributed by atoms with Crippen LogP contribution in [0.1, 0.15) is 82.8 Å². The SMILES string of the molecule is CCCCCc1cc(OC(C)=O)c([C@H]2CCCC(C(=O)O)C2)c(OC(C)=O)c1. The maximum Gasteiger partial charge on any atom is 0.308 e. The molecule has 0 bridgehead atoms. The standard InChI is InChI=1S/C22H30O6/c1-4-5-6-8-16-11-19(27-14(2)23)21(20(12-16)28-15(3)24)17-9-7-10-18(13-17)22(25)26/h11-12,17-18H,4-10,13H2,1-3H3,(H,25,26)/t17-,18?/m0/s1. The Balaban J connectivity index is 2.47. The normalized spacial score (nSPS) is 19.1. The largest absolute Gasteiger partial charge is 0.481 e. The van der Waals surface area contributed by atoms with Gasteiger partial charge in [-0.25, -0.2) is 0 Å². The second-order valence-electron chi connectivity index (χ2n) is 7.55. The van der Waals surface area contributed by atoms with Crippen LogP contribution in [0.15, 0.2) is 12.1 Å². The molecule has 154 valence electrons. The van der Waals surface area contributed by atoms with Crippen molar-refractivity contribution >= 4 is 17.9 Å². The average molecular weight is 390 g/mol. The lowest BCUT2D eigenvalue weighted by Gasteiger charge is -2.29. The molecular formula is C22H30O6. The van der Waals surface area contributed by atoms with Crippen LogP contribution < -0.4 is 9.47 Å². The average Bonchev–Trinajstić information content (AvgIpc) is 2.61. The highest BCUT2D eigenvalue weighted by Gasteiger charge is 2.32. The monoisotopic (exact) mass is 390 g/mol. The van der Waals surface area contributed by atoms with Crippen LogP contribution in [0.3, 0.4) is 0 Å². The molecular weight excluding hydrogens is 360 g/mol. The first-order valence-corrected chi connectivity index (χ1v) is 10.1. The van der Waals surface area contributed by atoms with Crippen molar-refractivity contribution in [3.8, 4) is 11.5 Å². The number of aliphatic carboxylic acids is 1. The summed E-state index contributed by atoms with van der Waals surface area (Å²) in [7, 11) is 0. The van der Waals surface area contributed by atoms with Crippen LogP contribution in [0, 0.1) is 5.92 Å². The van der Waals surface area contributed by atoms with E-state index >= 15 is 0 Å². The van der Waals surface area contributed by atoms with Crippen molar-refractivity contribution in [1.29, 1.82) is 0 Å². The van der Waals surface area contributed by atoms with Gasteiger partial charge in [0.25, 0.3) is 0 Å². The van der Waals surface area contributed by atoms with Crippen LogP contribution in [0.2, 0.25) is 0 Å². The summed E-state index contributed by atoms with van der Waals surface area (Å²) in [4.78, 5) is 34.9. The van der Waals surface area contributed by atoms with Crippen molar-refractivity contribution in [3.05, 3.63) is 23.3 Å². The van der Waals surface area contributed by atoms with Gasteiger partial charge in [0.1, 0.15) is 11.5 Å². The molecule has 1 N–H and O–H groups in total. The van der Waals surface area contributed by atoms with Gasteiger partial charge in [0.05, 0.1) is 5.92 Å². The van der Waals surface area contributed by atoms with Crippen LogP contribution in [0.5, 0.6) is 11.5 Å². The molecule has 2 rings (SSSR count). The minimum Gasteiger partial charge on any atom is -0.481 e. The first-order chi connectivity index (χ1) is 13.3. The molecule has 1 aromatic rings. The van der Waals surface area contributed by atoms with Crippen molar-refractivity contribution in [2.45, 2.75) is 78.1 Å². The number of carbonyl (C=O) groups is 3. The smallest absolute Gasteiger partial charge is 0.308 e. The number of ether oxygens (including phenoxy) is 2. The molecule has 6 nitrogen and oxygen atoms in total. The predicted molar refractivity (Wildman–Crippen MR) is 105 cm³/mol. The zero-order chi connectivity index (χ0) is 20.7. The third-order valence-electron chi connectivity index (χ3n) is 5.17. The highest BCUT2D eigenvalue weighted by atomic mass is 16.5. The Morgan fingerprint density at radius 3 is 2.14 bits per heavy atom. The van der Waals surface area contributed by atoms with Gasteiger partial charge in [0.2, 0.25) is 0 Å². The van der Waals surface area contributed by atoms with Gasteiger partial charge in [0.15, 0.2) is 0 Å². The van der Waals surface area contributed by atoms with Gasteiger partial charge in [-0.2, -0.15) is 0 Å². The van der Waals surface area contributed by atoms with E-state index in [1.807, 2.05) is 12.1 Å². The molecule has 1 aliphatic rings. The summed E-state index contributed by atoms with van der Waals surface area (Å²) in [6.45, 7) is 4.79. The Labute approximate surface area is 166 Å². The Morgan fingerprint density at radius 1 is 1.04 bits per heavy atom. The quantitative estimate of drug-likeness (QED) is 0.395. The summed E-state index contributed by atoms with van der Waals surface area (Å²) in [6, 6.07) is 3.67. The van der Waals surface area contributed by atoms with Crippen LogP contribution in [0.25, 0.3) is 0 Å². The summed E-state index contributed by atoms with van der Waals surface area (Å²) in [5, 5.41) is 9.43. The van der Waals surface area contributed by atoms with E-state index in [1.165, 1.54) is 13.8 Å². The van der Waals surface area contributed by atoms with Crippen molar-refractivity contribution in [2.75, 3.05) is 0 Å². The topological polar surface area (TPSA) is 89.9 Å². The zero-order valence-electron chi connectivity index (χ0n) is 17.0. The van der Waals surface area contributed by atoms with E-state index in [9.17, 15) is 19.5 Å². The van der Waals surface area contributed by atoms with Crippen molar-refractivity contribution in [1.82, 2.24) is 0 Å². The number of rotatable bonds is 8. The Hall–Kier alpha value is -2.37. The molecule has 28 heavy (non-hydrogen) atoms. The summed E-state index contributed by atoms with van der Waals surface area (Å²) in [6.07, 6.45) is 6.54. The lowest BCUT2D eigenvalue weighted by molar-refractivity contribution is -0.143. The Kier molecular flexibility index (Phi) is 8.03. The number of esters is 2. The molecule has 0 aromatic heterocycles. The maximum atomic E-state index is 11.7. The molecule has 0 aliphatic heterocycles. The number of hydrogen-bond donors (Lipinski definition) is 1. The highest BCUT2D eigenvalue weighted by molar-refractivity contribution is 5.74. The fourth-order valence-electron chi connectivity index (χ4n) is 3.94. The lowest BCUT2D eigenvalue weighted by atomic mass is 9.77. The summed E-state index contributed by atoms with van der Waals surface area (Å²) in [5.74, 6) is -1.54. The van der Waals surface area contributed by atoms with E-state index < -0.39 is 23.8 Å². The number of carboxylic acids is 1. The van der Waals surface area contributed by atoms with E-state index in [0.29, 0.717) is 29.9 Å². The summed E-state index contributed by atoms with van der Waals surface area (Å²) >= 11 is 0. The van der Waals surface area contributed by atoms with Crippen molar-refractivity contribution < 1.29 is 29.0 Å². The molecule has 0 heterocycles. The van der Waals surface area contributed by atoms with E-state index in [1.54, 1.807) is 0 Å². The molecule has 0 radical (unpaired) electrons. The molecule has 0 saturated heterocycles. The fourth-order valence-corrected chi connectivity index (χ4v) is 3.94. The second-order valence-corrected chi connectivity index (χ2v) is 7.55. The van der Waals surface area contributed by atoms with Crippen LogP contribution in [-0.4, -0.2) is 23.0 Å². The molecule has 1 aromatic carbocycles. The molecule has 1 saturated carbocycles.